The first-order valence-corrected chi connectivity index (χ1v) is 7.97. The van der Waals surface area contributed by atoms with E-state index < -0.39 is 0 Å². The van der Waals surface area contributed by atoms with Gasteiger partial charge in [0.1, 0.15) is 5.82 Å². The smallest absolute Gasteiger partial charge is 0.320 e. The molecule has 1 saturated heterocycles. The number of benzene rings is 1. The zero-order valence-corrected chi connectivity index (χ0v) is 13.6. The van der Waals surface area contributed by atoms with Crippen LogP contribution in [0.3, 0.4) is 0 Å². The molecule has 23 heavy (non-hydrogen) atoms. The van der Waals surface area contributed by atoms with E-state index >= 15 is 0 Å². The summed E-state index contributed by atoms with van der Waals surface area (Å²) in [5.74, 6) is 1.19. The number of aromatic nitrogens is 2. The molecule has 2 aromatic rings. The van der Waals surface area contributed by atoms with Crippen LogP contribution in [-0.2, 0) is 7.05 Å². The van der Waals surface area contributed by atoms with Crippen LogP contribution in [0.2, 0.25) is 0 Å². The van der Waals surface area contributed by atoms with E-state index in [-0.39, 0.29) is 6.03 Å². The Morgan fingerprint density at radius 2 is 2.13 bits per heavy atom. The van der Waals surface area contributed by atoms with Gasteiger partial charge in [0, 0.05) is 38.4 Å². The number of nitrogens with zero attached hydrogens (tertiary/aromatic N) is 3. The Morgan fingerprint density at radius 1 is 1.35 bits per heavy atom. The van der Waals surface area contributed by atoms with Crippen LogP contribution < -0.4 is 15.5 Å². The van der Waals surface area contributed by atoms with E-state index in [0.717, 1.165) is 25.2 Å². The molecule has 0 spiro atoms. The Kier molecular flexibility index (Phi) is 4.50. The maximum atomic E-state index is 12.0. The quantitative estimate of drug-likeness (QED) is 0.911. The molecule has 1 aromatic carbocycles. The second kappa shape index (κ2) is 6.73. The number of carbonyl (C=O) groups excluding carboxylic acids is 1. The molecule has 1 fully saturated rings. The van der Waals surface area contributed by atoms with E-state index in [2.05, 4.69) is 44.9 Å². The maximum Gasteiger partial charge on any atom is 0.320 e. The van der Waals surface area contributed by atoms with Crippen LogP contribution in [0.1, 0.15) is 12.1 Å². The van der Waals surface area contributed by atoms with Gasteiger partial charge in [0.15, 0.2) is 0 Å². The molecule has 122 valence electrons. The van der Waals surface area contributed by atoms with Gasteiger partial charge in [-0.3, -0.25) is 10.00 Å². The number of hydrogen-bond donors (Lipinski definition) is 2. The van der Waals surface area contributed by atoms with Gasteiger partial charge < -0.3 is 10.2 Å². The Labute approximate surface area is 136 Å². The highest BCUT2D eigenvalue weighted by atomic mass is 16.2. The van der Waals surface area contributed by atoms with Crippen molar-refractivity contribution in [2.45, 2.75) is 13.3 Å². The zero-order chi connectivity index (χ0) is 16.2. The third-order valence-corrected chi connectivity index (χ3v) is 4.20. The molecule has 0 bridgehead atoms. The number of aryl methyl sites for hydroxylation is 2. The molecule has 2 heterocycles. The molecule has 6 heteroatoms. The van der Waals surface area contributed by atoms with Crippen molar-refractivity contribution in [3.05, 3.63) is 42.1 Å². The molecule has 1 aliphatic rings. The molecule has 1 atom stereocenters. The van der Waals surface area contributed by atoms with Crippen molar-refractivity contribution < 1.29 is 4.79 Å². The monoisotopic (exact) mass is 313 g/mol. The van der Waals surface area contributed by atoms with Crippen LogP contribution in [-0.4, -0.2) is 35.4 Å². The predicted octanol–water partition coefficient (Wildman–Crippen LogP) is 2.38. The Hall–Kier alpha value is -2.50. The summed E-state index contributed by atoms with van der Waals surface area (Å²) in [6.07, 6.45) is 1.10. The standard InChI is InChI=1S/C17H23N5O/c1-13-10-16(21(2)20-13)19-17(23)18-11-14-8-9-22(12-14)15-6-4-3-5-7-15/h3-7,10,14H,8-9,11-12H2,1-2H3,(H2,18,19,23)/t14-/m1/s1. The van der Waals surface area contributed by atoms with Gasteiger partial charge in [-0.15, -0.1) is 0 Å². The summed E-state index contributed by atoms with van der Waals surface area (Å²) in [7, 11) is 1.82. The Morgan fingerprint density at radius 3 is 2.83 bits per heavy atom. The van der Waals surface area contributed by atoms with Crippen LogP contribution in [0, 0.1) is 12.8 Å². The fourth-order valence-corrected chi connectivity index (χ4v) is 3.00. The number of carbonyl (C=O) groups is 1. The average Bonchev–Trinajstić information content (AvgIpc) is 3.13. The Balaban J connectivity index is 1.46. The van der Waals surface area contributed by atoms with Crippen molar-refractivity contribution in [1.82, 2.24) is 15.1 Å². The summed E-state index contributed by atoms with van der Waals surface area (Å²) in [6, 6.07) is 12.1. The lowest BCUT2D eigenvalue weighted by Gasteiger charge is -2.18. The molecule has 0 unspecified atom stereocenters. The van der Waals surface area contributed by atoms with E-state index in [1.54, 1.807) is 4.68 Å². The summed E-state index contributed by atoms with van der Waals surface area (Å²) >= 11 is 0. The van der Waals surface area contributed by atoms with Crippen LogP contribution >= 0.6 is 0 Å². The van der Waals surface area contributed by atoms with Gasteiger partial charge in [0.2, 0.25) is 0 Å². The van der Waals surface area contributed by atoms with E-state index in [1.807, 2.05) is 26.1 Å². The van der Waals surface area contributed by atoms with Crippen LogP contribution in [0.25, 0.3) is 0 Å². The van der Waals surface area contributed by atoms with Gasteiger partial charge in [0.25, 0.3) is 0 Å². The zero-order valence-electron chi connectivity index (χ0n) is 13.6. The van der Waals surface area contributed by atoms with Gasteiger partial charge in [0.05, 0.1) is 5.69 Å². The summed E-state index contributed by atoms with van der Waals surface area (Å²) in [6.45, 7) is 4.61. The third kappa shape index (κ3) is 3.83. The molecule has 1 aliphatic heterocycles. The van der Waals surface area contributed by atoms with E-state index in [0.29, 0.717) is 18.3 Å². The second-order valence-corrected chi connectivity index (χ2v) is 6.07. The minimum Gasteiger partial charge on any atom is -0.371 e. The van der Waals surface area contributed by atoms with E-state index in [9.17, 15) is 4.79 Å². The number of hydrogen-bond acceptors (Lipinski definition) is 3. The lowest BCUT2D eigenvalue weighted by Crippen LogP contribution is -2.34. The molecule has 0 radical (unpaired) electrons. The molecule has 2 amide bonds. The number of anilines is 2. The number of rotatable bonds is 4. The van der Waals surface area contributed by atoms with Crippen molar-refractivity contribution in [2.24, 2.45) is 13.0 Å². The first-order valence-electron chi connectivity index (χ1n) is 7.97. The number of urea groups is 1. The molecule has 2 N–H and O–H groups in total. The fourth-order valence-electron chi connectivity index (χ4n) is 3.00. The molecule has 3 rings (SSSR count). The molecule has 6 nitrogen and oxygen atoms in total. The van der Waals surface area contributed by atoms with Crippen molar-refractivity contribution in [2.75, 3.05) is 29.9 Å². The van der Waals surface area contributed by atoms with Crippen molar-refractivity contribution in [3.8, 4) is 0 Å². The maximum absolute atomic E-state index is 12.0. The summed E-state index contributed by atoms with van der Waals surface area (Å²) in [5.41, 5.74) is 2.14. The molecule has 1 aromatic heterocycles. The SMILES string of the molecule is Cc1cc(NC(=O)NC[C@H]2CCN(c3ccccc3)C2)n(C)n1. The normalized spacial score (nSPS) is 17.3. The van der Waals surface area contributed by atoms with Gasteiger partial charge in [-0.05, 0) is 31.4 Å². The lowest BCUT2D eigenvalue weighted by molar-refractivity contribution is 0.250. The fraction of sp³-hybridized carbons (Fsp3) is 0.412. The molecule has 0 aliphatic carbocycles. The van der Waals surface area contributed by atoms with Gasteiger partial charge in [-0.25, -0.2) is 4.79 Å². The van der Waals surface area contributed by atoms with Gasteiger partial charge >= 0.3 is 6.03 Å². The summed E-state index contributed by atoms with van der Waals surface area (Å²) in [4.78, 5) is 14.4. The minimum atomic E-state index is -0.175. The van der Waals surface area contributed by atoms with Gasteiger partial charge in [-0.1, -0.05) is 18.2 Å². The third-order valence-electron chi connectivity index (χ3n) is 4.20. The molecular weight excluding hydrogens is 290 g/mol. The van der Waals surface area contributed by atoms with E-state index in [1.165, 1.54) is 5.69 Å². The number of nitrogens with one attached hydrogen (secondary N) is 2. The summed E-state index contributed by atoms with van der Waals surface area (Å²) in [5, 5.41) is 10.0. The molecular formula is C17H23N5O. The summed E-state index contributed by atoms with van der Waals surface area (Å²) < 4.78 is 1.67. The second-order valence-electron chi connectivity index (χ2n) is 6.07. The van der Waals surface area contributed by atoms with Crippen molar-refractivity contribution in [1.29, 1.82) is 0 Å². The van der Waals surface area contributed by atoms with Crippen LogP contribution in [0.4, 0.5) is 16.3 Å². The van der Waals surface area contributed by atoms with Gasteiger partial charge in [-0.2, -0.15) is 5.10 Å². The first-order chi connectivity index (χ1) is 11.1. The van der Waals surface area contributed by atoms with Crippen molar-refractivity contribution in [3.63, 3.8) is 0 Å². The van der Waals surface area contributed by atoms with Crippen molar-refractivity contribution >= 4 is 17.5 Å². The van der Waals surface area contributed by atoms with E-state index in [4.69, 9.17) is 0 Å². The number of amides is 2. The minimum absolute atomic E-state index is 0.175. The van der Waals surface area contributed by atoms with Crippen LogP contribution in [0.15, 0.2) is 36.4 Å². The highest BCUT2D eigenvalue weighted by molar-refractivity contribution is 5.88. The topological polar surface area (TPSA) is 62.2 Å². The Bertz CT molecular complexity index is 667. The predicted molar refractivity (Wildman–Crippen MR) is 91.7 cm³/mol. The lowest BCUT2D eigenvalue weighted by atomic mass is 10.1. The highest BCUT2D eigenvalue weighted by Gasteiger charge is 2.23. The highest BCUT2D eigenvalue weighted by Crippen LogP contribution is 2.22. The van der Waals surface area contributed by atoms with Crippen LogP contribution in [0.5, 0.6) is 0 Å². The average molecular weight is 313 g/mol. The molecule has 0 saturated carbocycles. The first kappa shape index (κ1) is 15.4. The largest absolute Gasteiger partial charge is 0.371 e. The number of para-hydroxylation sites is 1.